The molecule has 1 N–H and O–H groups in total. The van der Waals surface area contributed by atoms with Crippen LogP contribution in [0, 0.1) is 11.8 Å². The Morgan fingerprint density at radius 1 is 1.09 bits per heavy atom. The van der Waals surface area contributed by atoms with Crippen molar-refractivity contribution in [2.75, 3.05) is 26.7 Å². The van der Waals surface area contributed by atoms with Gasteiger partial charge in [-0.05, 0) is 12.5 Å². The quantitative estimate of drug-likeness (QED) is 0.677. The molecule has 4 heterocycles. The summed E-state index contributed by atoms with van der Waals surface area (Å²) in [5.74, 6) is -2.25. The maximum absolute atomic E-state index is 14.0. The predicted octanol–water partition coefficient (Wildman–Crippen LogP) is 0.575. The first-order chi connectivity index (χ1) is 15.9. The third-order valence-corrected chi connectivity index (χ3v) is 7.34. The third-order valence-electron chi connectivity index (χ3n) is 7.34. The molecule has 0 saturated carbocycles. The Morgan fingerprint density at radius 2 is 1.85 bits per heavy atom. The summed E-state index contributed by atoms with van der Waals surface area (Å²) in [5.41, 5.74) is -0.272. The van der Waals surface area contributed by atoms with Crippen molar-refractivity contribution in [3.63, 3.8) is 0 Å². The number of rotatable bonds is 4. The molecule has 1 unspecified atom stereocenters. The molecule has 1 aromatic carbocycles. The van der Waals surface area contributed by atoms with Crippen LogP contribution in [0.2, 0.25) is 0 Å². The Labute approximate surface area is 193 Å². The Kier molecular flexibility index (Phi) is 5.37. The van der Waals surface area contributed by atoms with Gasteiger partial charge in [0.1, 0.15) is 11.6 Å². The van der Waals surface area contributed by atoms with Gasteiger partial charge in [-0.15, -0.1) is 0 Å². The molecular formula is C25H29N3O5. The van der Waals surface area contributed by atoms with Gasteiger partial charge in [-0.2, -0.15) is 0 Å². The van der Waals surface area contributed by atoms with Crippen molar-refractivity contribution in [3.05, 3.63) is 60.2 Å². The highest BCUT2D eigenvalue weighted by Crippen LogP contribution is 2.53. The van der Waals surface area contributed by atoms with E-state index in [2.05, 4.69) is 0 Å². The molecule has 174 valence electrons. The van der Waals surface area contributed by atoms with Crippen molar-refractivity contribution < 1.29 is 24.2 Å². The molecule has 33 heavy (non-hydrogen) atoms. The predicted molar refractivity (Wildman–Crippen MR) is 120 cm³/mol. The third kappa shape index (κ3) is 3.23. The Hall–Kier alpha value is -2.97. The number of fused-ring (bicyclic) bond motifs is 2. The molecule has 0 aliphatic carbocycles. The zero-order valence-electron chi connectivity index (χ0n) is 18.8. The number of amides is 3. The maximum Gasteiger partial charge on any atom is 0.249 e. The largest absolute Gasteiger partial charge is 0.394 e. The van der Waals surface area contributed by atoms with Gasteiger partial charge in [0.15, 0.2) is 0 Å². The molecule has 3 amide bonds. The molecule has 8 nitrogen and oxygen atoms in total. The molecule has 1 spiro atoms. The number of likely N-dealkylation sites (N-methyl/N-ethyl adjacent to an activating group) is 1. The van der Waals surface area contributed by atoms with E-state index < -0.39 is 35.6 Å². The van der Waals surface area contributed by atoms with E-state index in [1.54, 1.807) is 23.8 Å². The first kappa shape index (κ1) is 21.9. The van der Waals surface area contributed by atoms with Crippen LogP contribution >= 0.6 is 0 Å². The average molecular weight is 452 g/mol. The Bertz CT molecular complexity index is 1020. The molecule has 6 atom stereocenters. The highest BCUT2D eigenvalue weighted by Gasteiger charge is 2.72. The van der Waals surface area contributed by atoms with Gasteiger partial charge in [-0.1, -0.05) is 54.6 Å². The van der Waals surface area contributed by atoms with Crippen molar-refractivity contribution in [1.82, 2.24) is 14.7 Å². The second-order valence-corrected chi connectivity index (χ2v) is 9.37. The molecule has 0 bridgehead atoms. The minimum absolute atomic E-state index is 0.163. The number of hydrogen-bond acceptors (Lipinski definition) is 5. The summed E-state index contributed by atoms with van der Waals surface area (Å²) in [7, 11) is 1.71. The van der Waals surface area contributed by atoms with E-state index in [9.17, 15) is 19.5 Å². The Morgan fingerprint density at radius 3 is 2.58 bits per heavy atom. The summed E-state index contributed by atoms with van der Waals surface area (Å²) in [6, 6.07) is 8.15. The minimum atomic E-state index is -1.25. The topological polar surface area (TPSA) is 90.4 Å². The van der Waals surface area contributed by atoms with Gasteiger partial charge in [0.2, 0.25) is 17.7 Å². The number of nitrogens with zero attached hydrogens (tertiary/aromatic N) is 3. The van der Waals surface area contributed by atoms with Crippen LogP contribution in [0.15, 0.2) is 54.6 Å². The van der Waals surface area contributed by atoms with Gasteiger partial charge >= 0.3 is 0 Å². The van der Waals surface area contributed by atoms with E-state index in [0.717, 1.165) is 5.56 Å². The number of carbonyl (C=O) groups excluding carboxylic acids is 3. The van der Waals surface area contributed by atoms with Gasteiger partial charge in [-0.25, -0.2) is 0 Å². The number of hydrogen-bond donors (Lipinski definition) is 1. The van der Waals surface area contributed by atoms with Crippen LogP contribution in [-0.2, 0) is 25.7 Å². The van der Waals surface area contributed by atoms with Gasteiger partial charge < -0.3 is 24.5 Å². The fraction of sp³-hybridized carbons (Fsp3) is 0.480. The van der Waals surface area contributed by atoms with E-state index >= 15 is 0 Å². The zero-order chi connectivity index (χ0) is 23.3. The van der Waals surface area contributed by atoms with Gasteiger partial charge in [0.25, 0.3) is 0 Å². The molecule has 4 aliphatic rings. The number of benzene rings is 1. The average Bonchev–Trinajstić information content (AvgIpc) is 3.16. The van der Waals surface area contributed by atoms with Crippen LogP contribution in [0.1, 0.15) is 12.5 Å². The molecule has 2 fully saturated rings. The lowest BCUT2D eigenvalue weighted by Gasteiger charge is -2.37. The lowest BCUT2D eigenvalue weighted by molar-refractivity contribution is -0.151. The number of aliphatic hydroxyl groups is 1. The standard InChI is InChI=1S/C25H29N3O5/c1-16(15-29)28-21-24(32)27(14-17-8-4-3-5-9-17)13-7-11-25(21)20(23(28)31)19-18(33-25)10-6-12-26(2)22(19)30/h3-11,16,18-21,29H,12-15H2,1-2H3/t16-,18+,19-,20+,21?,25+/m1/s1. The second-order valence-electron chi connectivity index (χ2n) is 9.37. The summed E-state index contributed by atoms with van der Waals surface area (Å²) in [5, 5.41) is 9.93. The monoisotopic (exact) mass is 451 g/mol. The number of aliphatic hydroxyl groups excluding tert-OH is 1. The van der Waals surface area contributed by atoms with Gasteiger partial charge in [-0.3, -0.25) is 14.4 Å². The number of likely N-dealkylation sites (tertiary alicyclic amines) is 1. The normalized spacial score (nSPS) is 34.2. The van der Waals surface area contributed by atoms with Crippen LogP contribution in [0.25, 0.3) is 0 Å². The van der Waals surface area contributed by atoms with Crippen LogP contribution in [0.5, 0.6) is 0 Å². The fourth-order valence-corrected chi connectivity index (χ4v) is 5.76. The molecule has 2 saturated heterocycles. The van der Waals surface area contributed by atoms with Crippen molar-refractivity contribution in [1.29, 1.82) is 0 Å². The summed E-state index contributed by atoms with van der Waals surface area (Å²) >= 11 is 0. The molecule has 5 rings (SSSR count). The van der Waals surface area contributed by atoms with E-state index in [4.69, 9.17) is 4.74 Å². The molecular weight excluding hydrogens is 422 g/mol. The van der Waals surface area contributed by atoms with E-state index in [0.29, 0.717) is 19.6 Å². The van der Waals surface area contributed by atoms with Gasteiger partial charge in [0.05, 0.1) is 30.6 Å². The van der Waals surface area contributed by atoms with Gasteiger partial charge in [0, 0.05) is 26.7 Å². The van der Waals surface area contributed by atoms with Crippen molar-refractivity contribution >= 4 is 17.7 Å². The molecule has 0 aromatic heterocycles. The molecule has 1 aromatic rings. The SMILES string of the molecule is C[C@H](CO)N1C(=O)[C@@H]2[C@@H]3C(=O)N(C)CC=C[C@@H]3O[C@@]23C=CCN(Cc2ccccc2)C(=O)C13. The highest BCUT2D eigenvalue weighted by molar-refractivity contribution is 6.00. The van der Waals surface area contributed by atoms with Crippen LogP contribution in [0.3, 0.4) is 0 Å². The fourth-order valence-electron chi connectivity index (χ4n) is 5.76. The van der Waals surface area contributed by atoms with Crippen molar-refractivity contribution in [3.8, 4) is 0 Å². The van der Waals surface area contributed by atoms with Crippen LogP contribution in [0.4, 0.5) is 0 Å². The zero-order valence-corrected chi connectivity index (χ0v) is 18.8. The van der Waals surface area contributed by atoms with E-state index in [1.807, 2.05) is 54.6 Å². The van der Waals surface area contributed by atoms with E-state index in [-0.39, 0.29) is 24.3 Å². The van der Waals surface area contributed by atoms with Crippen LogP contribution in [-0.4, -0.2) is 88.1 Å². The van der Waals surface area contributed by atoms with Crippen molar-refractivity contribution in [2.24, 2.45) is 11.8 Å². The first-order valence-electron chi connectivity index (χ1n) is 11.4. The molecule has 0 radical (unpaired) electrons. The minimum Gasteiger partial charge on any atom is -0.394 e. The maximum atomic E-state index is 14.0. The van der Waals surface area contributed by atoms with E-state index in [1.165, 1.54) is 4.90 Å². The number of ether oxygens (including phenoxy) is 1. The van der Waals surface area contributed by atoms with Crippen LogP contribution < -0.4 is 0 Å². The number of carbonyl (C=O) groups is 3. The van der Waals surface area contributed by atoms with Crippen molar-refractivity contribution in [2.45, 2.75) is 37.3 Å². The lowest BCUT2D eigenvalue weighted by atomic mass is 9.77. The summed E-state index contributed by atoms with van der Waals surface area (Å²) in [6.07, 6.45) is 6.83. The smallest absolute Gasteiger partial charge is 0.249 e. The molecule has 4 aliphatic heterocycles. The summed E-state index contributed by atoms with van der Waals surface area (Å²) in [4.78, 5) is 45.8. The Balaban J connectivity index is 1.59. The summed E-state index contributed by atoms with van der Waals surface area (Å²) < 4.78 is 6.51. The molecule has 8 heteroatoms. The first-order valence-corrected chi connectivity index (χ1v) is 11.4. The summed E-state index contributed by atoms with van der Waals surface area (Å²) in [6.45, 7) is 2.64. The highest BCUT2D eigenvalue weighted by atomic mass is 16.5. The lowest BCUT2D eigenvalue weighted by Crippen LogP contribution is -2.57. The second kappa shape index (κ2) is 8.11.